The lowest BCUT2D eigenvalue weighted by atomic mass is 10.1. The Morgan fingerprint density at radius 1 is 1.53 bits per heavy atom. The van der Waals surface area contributed by atoms with Crippen LogP contribution < -0.4 is 0 Å². The van der Waals surface area contributed by atoms with Gasteiger partial charge in [-0.3, -0.25) is 4.79 Å². The molecule has 0 aliphatic heterocycles. The van der Waals surface area contributed by atoms with Crippen LogP contribution in [-0.4, -0.2) is 16.1 Å². The van der Waals surface area contributed by atoms with Crippen LogP contribution in [0.2, 0.25) is 0 Å². The molecule has 0 radical (unpaired) electrons. The van der Waals surface area contributed by atoms with E-state index in [0.717, 1.165) is 5.56 Å². The molecule has 3 nitrogen and oxygen atoms in total. The number of hydrogen-bond acceptors (Lipinski definition) is 3. The average molecular weight is 251 g/mol. The molecule has 2 aromatic rings. The van der Waals surface area contributed by atoms with Crippen LogP contribution >= 0.6 is 11.3 Å². The van der Waals surface area contributed by atoms with E-state index in [1.165, 1.54) is 17.4 Å². The molecule has 2 rings (SSSR count). The number of aryl methyl sites for hydroxylation is 1. The fraction of sp³-hybridized carbons (Fsp3) is 0.167. The predicted molar refractivity (Wildman–Crippen MR) is 63.6 cm³/mol. The first-order valence-corrected chi connectivity index (χ1v) is 5.81. The van der Waals surface area contributed by atoms with Gasteiger partial charge in [0.1, 0.15) is 10.8 Å². The summed E-state index contributed by atoms with van der Waals surface area (Å²) in [4.78, 5) is 15.4. The lowest BCUT2D eigenvalue weighted by Crippen LogP contribution is -1.97. The minimum absolute atomic E-state index is 0.0299. The van der Waals surface area contributed by atoms with Gasteiger partial charge in [0, 0.05) is 16.6 Å². The van der Waals surface area contributed by atoms with Gasteiger partial charge < -0.3 is 5.11 Å². The SMILES string of the molecule is Cc1cc(-c2ncc(CC(=O)O)s2)ccc1F. The molecule has 0 fully saturated rings. The molecule has 17 heavy (non-hydrogen) atoms. The summed E-state index contributed by atoms with van der Waals surface area (Å²) in [6.07, 6.45) is 1.52. The summed E-state index contributed by atoms with van der Waals surface area (Å²) in [7, 11) is 0. The Bertz CT molecular complexity index is 565. The van der Waals surface area contributed by atoms with E-state index < -0.39 is 5.97 Å². The van der Waals surface area contributed by atoms with E-state index >= 15 is 0 Å². The van der Waals surface area contributed by atoms with Crippen molar-refractivity contribution in [2.45, 2.75) is 13.3 Å². The van der Waals surface area contributed by atoms with E-state index in [-0.39, 0.29) is 12.2 Å². The summed E-state index contributed by atoms with van der Waals surface area (Å²) in [5, 5.41) is 9.37. The number of aromatic nitrogens is 1. The van der Waals surface area contributed by atoms with Crippen molar-refractivity contribution >= 4 is 17.3 Å². The van der Waals surface area contributed by atoms with Gasteiger partial charge in [0.2, 0.25) is 0 Å². The highest BCUT2D eigenvalue weighted by Gasteiger charge is 2.08. The zero-order valence-electron chi connectivity index (χ0n) is 9.11. The minimum Gasteiger partial charge on any atom is -0.481 e. The Balaban J connectivity index is 2.30. The summed E-state index contributed by atoms with van der Waals surface area (Å²) in [6, 6.07) is 4.74. The normalized spacial score (nSPS) is 10.5. The molecule has 1 N–H and O–H groups in total. The van der Waals surface area contributed by atoms with Gasteiger partial charge in [-0.15, -0.1) is 11.3 Å². The van der Waals surface area contributed by atoms with Crippen molar-refractivity contribution in [3.05, 3.63) is 40.7 Å². The second-order valence-electron chi connectivity index (χ2n) is 3.67. The first kappa shape index (κ1) is 11.7. The molecular weight excluding hydrogens is 241 g/mol. The summed E-state index contributed by atoms with van der Waals surface area (Å²) in [5.74, 6) is -1.13. The molecule has 0 aliphatic rings. The topological polar surface area (TPSA) is 50.2 Å². The summed E-state index contributed by atoms with van der Waals surface area (Å²) < 4.78 is 13.1. The monoisotopic (exact) mass is 251 g/mol. The van der Waals surface area contributed by atoms with Crippen LogP contribution in [0.5, 0.6) is 0 Å². The number of rotatable bonds is 3. The van der Waals surface area contributed by atoms with Gasteiger partial charge in [0.25, 0.3) is 0 Å². The largest absolute Gasteiger partial charge is 0.481 e. The number of benzene rings is 1. The molecule has 0 aliphatic carbocycles. The van der Waals surface area contributed by atoms with Crippen molar-refractivity contribution in [3.63, 3.8) is 0 Å². The van der Waals surface area contributed by atoms with E-state index in [1.807, 2.05) is 0 Å². The van der Waals surface area contributed by atoms with Crippen LogP contribution in [0, 0.1) is 12.7 Å². The standard InChI is InChI=1S/C12H10FNO2S/c1-7-4-8(2-3-10(7)13)12-14-6-9(17-12)5-11(15)16/h2-4,6H,5H2,1H3,(H,15,16). The first-order valence-electron chi connectivity index (χ1n) is 4.99. The number of halogens is 1. The minimum atomic E-state index is -0.879. The highest BCUT2D eigenvalue weighted by molar-refractivity contribution is 7.15. The van der Waals surface area contributed by atoms with E-state index in [1.54, 1.807) is 25.3 Å². The summed E-state index contributed by atoms with van der Waals surface area (Å²) in [5.41, 5.74) is 1.36. The van der Waals surface area contributed by atoms with Crippen LogP contribution in [0.25, 0.3) is 10.6 Å². The van der Waals surface area contributed by atoms with Crippen LogP contribution in [0.15, 0.2) is 24.4 Å². The van der Waals surface area contributed by atoms with Gasteiger partial charge in [-0.25, -0.2) is 9.37 Å². The zero-order chi connectivity index (χ0) is 12.4. The molecule has 0 saturated carbocycles. The van der Waals surface area contributed by atoms with Gasteiger partial charge in [-0.2, -0.15) is 0 Å². The number of hydrogen-bond donors (Lipinski definition) is 1. The molecule has 0 spiro atoms. The molecule has 1 aromatic carbocycles. The van der Waals surface area contributed by atoms with Crippen LogP contribution in [0.3, 0.4) is 0 Å². The van der Waals surface area contributed by atoms with Gasteiger partial charge in [0.05, 0.1) is 6.42 Å². The van der Waals surface area contributed by atoms with Gasteiger partial charge in [0.15, 0.2) is 0 Å². The third-order valence-electron chi connectivity index (χ3n) is 2.28. The maximum Gasteiger partial charge on any atom is 0.308 e. The van der Waals surface area contributed by atoms with Crippen LogP contribution in [0.4, 0.5) is 4.39 Å². The molecular formula is C12H10FNO2S. The van der Waals surface area contributed by atoms with E-state index in [4.69, 9.17) is 5.11 Å². The lowest BCUT2D eigenvalue weighted by Gasteiger charge is -1.99. The molecule has 0 bridgehead atoms. The van der Waals surface area contributed by atoms with Crippen molar-refractivity contribution in [2.24, 2.45) is 0 Å². The van der Waals surface area contributed by atoms with Crippen molar-refractivity contribution in [2.75, 3.05) is 0 Å². The van der Waals surface area contributed by atoms with Crippen molar-refractivity contribution < 1.29 is 14.3 Å². The molecule has 0 atom stereocenters. The highest BCUT2D eigenvalue weighted by atomic mass is 32.1. The average Bonchev–Trinajstić information content (AvgIpc) is 2.69. The molecule has 1 heterocycles. The first-order chi connectivity index (χ1) is 8.06. The Morgan fingerprint density at radius 2 is 2.29 bits per heavy atom. The number of carboxylic acids is 1. The number of aliphatic carboxylic acids is 1. The van der Waals surface area contributed by atoms with Crippen molar-refractivity contribution in [3.8, 4) is 10.6 Å². The van der Waals surface area contributed by atoms with Crippen LogP contribution in [-0.2, 0) is 11.2 Å². The van der Waals surface area contributed by atoms with Crippen molar-refractivity contribution in [1.29, 1.82) is 0 Å². The molecule has 0 unspecified atom stereocenters. The molecule has 0 saturated heterocycles. The van der Waals surface area contributed by atoms with Crippen LogP contribution in [0.1, 0.15) is 10.4 Å². The van der Waals surface area contributed by atoms with E-state index in [2.05, 4.69) is 4.98 Å². The summed E-state index contributed by atoms with van der Waals surface area (Å²) >= 11 is 1.31. The molecule has 1 aromatic heterocycles. The quantitative estimate of drug-likeness (QED) is 0.912. The lowest BCUT2D eigenvalue weighted by molar-refractivity contribution is -0.136. The fourth-order valence-electron chi connectivity index (χ4n) is 1.45. The highest BCUT2D eigenvalue weighted by Crippen LogP contribution is 2.26. The molecule has 0 amide bonds. The maximum absolute atomic E-state index is 13.1. The Hall–Kier alpha value is -1.75. The van der Waals surface area contributed by atoms with Gasteiger partial charge in [-0.05, 0) is 30.7 Å². The number of carbonyl (C=O) groups is 1. The Morgan fingerprint density at radius 3 is 2.94 bits per heavy atom. The number of nitrogens with zero attached hydrogens (tertiary/aromatic N) is 1. The van der Waals surface area contributed by atoms with Gasteiger partial charge >= 0.3 is 5.97 Å². The molecule has 88 valence electrons. The second kappa shape index (κ2) is 4.63. The smallest absolute Gasteiger partial charge is 0.308 e. The van der Waals surface area contributed by atoms with E-state index in [9.17, 15) is 9.18 Å². The summed E-state index contributed by atoms with van der Waals surface area (Å²) in [6.45, 7) is 1.69. The van der Waals surface area contributed by atoms with E-state index in [0.29, 0.717) is 15.4 Å². The Kier molecular flexibility index (Phi) is 3.19. The number of carboxylic acid groups (broad SMARTS) is 1. The van der Waals surface area contributed by atoms with Gasteiger partial charge in [-0.1, -0.05) is 0 Å². The van der Waals surface area contributed by atoms with Crippen molar-refractivity contribution in [1.82, 2.24) is 4.98 Å². The molecule has 5 heteroatoms. The predicted octanol–water partition coefficient (Wildman–Crippen LogP) is 2.88. The fourth-order valence-corrected chi connectivity index (χ4v) is 2.35. The third-order valence-corrected chi connectivity index (χ3v) is 3.33. The second-order valence-corrected chi connectivity index (χ2v) is 4.78. The third kappa shape index (κ3) is 2.68. The Labute approximate surface area is 102 Å². The maximum atomic E-state index is 13.1. The zero-order valence-corrected chi connectivity index (χ0v) is 9.92. The number of thiazole rings is 1.